The van der Waals surface area contributed by atoms with Gasteiger partial charge in [0.15, 0.2) is 0 Å². The quantitative estimate of drug-likeness (QED) is 0.843. The Morgan fingerprint density at radius 2 is 2.29 bits per heavy atom. The summed E-state index contributed by atoms with van der Waals surface area (Å²) in [4.78, 5) is 18.6. The lowest BCUT2D eigenvalue weighted by Crippen LogP contribution is -2.44. The molecule has 0 radical (unpaired) electrons. The molecule has 1 aliphatic rings. The molecule has 6 heteroatoms. The molecule has 21 heavy (non-hydrogen) atoms. The van der Waals surface area contributed by atoms with Gasteiger partial charge in [0, 0.05) is 51.6 Å². The molecule has 0 aliphatic carbocycles. The Morgan fingerprint density at radius 3 is 2.86 bits per heavy atom. The van der Waals surface area contributed by atoms with Gasteiger partial charge in [-0.15, -0.1) is 0 Å². The molecule has 2 rings (SSSR count). The minimum absolute atomic E-state index is 0.0701. The number of likely N-dealkylation sites (tertiary alicyclic amines) is 1. The van der Waals surface area contributed by atoms with Gasteiger partial charge >= 0.3 is 0 Å². The zero-order valence-electron chi connectivity index (χ0n) is 13.4. The van der Waals surface area contributed by atoms with Crippen LogP contribution in [0.15, 0.2) is 12.4 Å². The number of rotatable bonds is 6. The second-order valence-corrected chi connectivity index (χ2v) is 5.91. The van der Waals surface area contributed by atoms with Crippen molar-refractivity contribution in [3.05, 3.63) is 18.2 Å². The number of hydrogen-bond acceptors (Lipinski definition) is 4. The Kier molecular flexibility index (Phi) is 5.36. The summed E-state index contributed by atoms with van der Waals surface area (Å²) in [6.07, 6.45) is 4.19. The average molecular weight is 294 g/mol. The molecule has 1 aliphatic heterocycles. The molecule has 0 spiro atoms. The normalized spacial score (nSPS) is 22.9. The lowest BCUT2D eigenvalue weighted by atomic mass is 10.2. The summed E-state index contributed by atoms with van der Waals surface area (Å²) in [5.41, 5.74) is 0. The molecule has 1 aromatic rings. The molecular formula is C15H26N4O2. The summed E-state index contributed by atoms with van der Waals surface area (Å²) in [6, 6.07) is 0.548. The van der Waals surface area contributed by atoms with Gasteiger partial charge in [0.2, 0.25) is 5.91 Å². The van der Waals surface area contributed by atoms with Crippen LogP contribution < -0.4 is 5.32 Å². The fourth-order valence-electron chi connectivity index (χ4n) is 2.74. The van der Waals surface area contributed by atoms with Crippen LogP contribution in [0.1, 0.15) is 26.1 Å². The molecule has 2 atom stereocenters. The number of hydrogen-bond donors (Lipinski definition) is 1. The number of ether oxygens (including phenoxy) is 1. The van der Waals surface area contributed by atoms with Gasteiger partial charge in [0.05, 0.1) is 12.1 Å². The van der Waals surface area contributed by atoms with Crippen LogP contribution >= 0.6 is 0 Å². The summed E-state index contributed by atoms with van der Waals surface area (Å²) in [5, 5.41) is 3.11. The fraction of sp³-hybridized carbons (Fsp3) is 0.733. The van der Waals surface area contributed by atoms with Crippen molar-refractivity contribution in [2.75, 3.05) is 20.2 Å². The molecule has 1 saturated heterocycles. The lowest BCUT2D eigenvalue weighted by Gasteiger charge is -2.20. The van der Waals surface area contributed by atoms with E-state index in [1.807, 2.05) is 17.7 Å². The maximum atomic E-state index is 12.1. The molecule has 1 N–H and O–H groups in total. The Labute approximate surface area is 126 Å². The predicted octanol–water partition coefficient (Wildman–Crippen LogP) is 0.805. The van der Waals surface area contributed by atoms with Crippen LogP contribution in [0.4, 0.5) is 0 Å². The summed E-state index contributed by atoms with van der Waals surface area (Å²) in [7, 11) is 1.71. The molecule has 118 valence electrons. The number of carbonyl (C=O) groups excluding carboxylic acids is 1. The van der Waals surface area contributed by atoms with Crippen LogP contribution in [-0.2, 0) is 16.1 Å². The van der Waals surface area contributed by atoms with Gasteiger partial charge in [-0.05, 0) is 20.8 Å². The van der Waals surface area contributed by atoms with Crippen LogP contribution in [0.3, 0.4) is 0 Å². The van der Waals surface area contributed by atoms with Crippen molar-refractivity contribution in [2.24, 2.45) is 0 Å². The second-order valence-electron chi connectivity index (χ2n) is 5.91. The largest absolute Gasteiger partial charge is 0.378 e. The molecule has 1 amide bonds. The van der Waals surface area contributed by atoms with E-state index in [1.54, 1.807) is 13.3 Å². The third-order valence-corrected chi connectivity index (χ3v) is 4.18. The third-order valence-electron chi connectivity index (χ3n) is 4.18. The molecule has 1 aromatic heterocycles. The van der Waals surface area contributed by atoms with Crippen molar-refractivity contribution in [1.29, 1.82) is 0 Å². The van der Waals surface area contributed by atoms with Crippen molar-refractivity contribution in [1.82, 2.24) is 19.8 Å². The predicted molar refractivity (Wildman–Crippen MR) is 81.0 cm³/mol. The first-order valence-electron chi connectivity index (χ1n) is 7.55. The van der Waals surface area contributed by atoms with Crippen molar-refractivity contribution < 1.29 is 9.53 Å². The highest BCUT2D eigenvalue weighted by atomic mass is 16.5. The molecule has 0 unspecified atom stereocenters. The smallest absolute Gasteiger partial charge is 0.222 e. The maximum absolute atomic E-state index is 12.1. The second kappa shape index (κ2) is 7.04. The highest BCUT2D eigenvalue weighted by molar-refractivity contribution is 5.76. The fourth-order valence-corrected chi connectivity index (χ4v) is 2.74. The summed E-state index contributed by atoms with van der Waals surface area (Å²) < 4.78 is 7.49. The third kappa shape index (κ3) is 4.04. The standard InChI is InChI=1S/C15H26N4O2/c1-11(2)19-9-13(14(10-19)21-4)17-15(20)5-7-18-8-6-16-12(18)3/h6,8,11,13-14H,5,7,9-10H2,1-4H3,(H,17,20)/t13-,14-/m0/s1. The van der Waals surface area contributed by atoms with Crippen LogP contribution in [0.2, 0.25) is 0 Å². The number of aromatic nitrogens is 2. The Hall–Kier alpha value is -1.40. The van der Waals surface area contributed by atoms with Crippen LogP contribution in [-0.4, -0.2) is 58.7 Å². The van der Waals surface area contributed by atoms with E-state index >= 15 is 0 Å². The number of nitrogens with one attached hydrogen (secondary N) is 1. The van der Waals surface area contributed by atoms with E-state index in [0.29, 0.717) is 19.0 Å². The molecule has 6 nitrogen and oxygen atoms in total. The molecule has 0 saturated carbocycles. The van der Waals surface area contributed by atoms with E-state index in [4.69, 9.17) is 4.74 Å². The van der Waals surface area contributed by atoms with Crippen LogP contribution in [0.25, 0.3) is 0 Å². The van der Waals surface area contributed by atoms with E-state index < -0.39 is 0 Å². The lowest BCUT2D eigenvalue weighted by molar-refractivity contribution is -0.122. The van der Waals surface area contributed by atoms with Crippen molar-refractivity contribution in [3.8, 4) is 0 Å². The molecule has 0 bridgehead atoms. The van der Waals surface area contributed by atoms with Gasteiger partial charge in [0.1, 0.15) is 5.82 Å². The molecule has 2 heterocycles. The first-order chi connectivity index (χ1) is 10.0. The monoisotopic (exact) mass is 294 g/mol. The van der Waals surface area contributed by atoms with Gasteiger partial charge in [-0.2, -0.15) is 0 Å². The minimum Gasteiger partial charge on any atom is -0.378 e. The van der Waals surface area contributed by atoms with Gasteiger partial charge < -0.3 is 14.6 Å². The van der Waals surface area contributed by atoms with E-state index in [9.17, 15) is 4.79 Å². The van der Waals surface area contributed by atoms with Gasteiger partial charge in [-0.3, -0.25) is 9.69 Å². The Bertz CT molecular complexity index is 472. The van der Waals surface area contributed by atoms with Crippen LogP contribution in [0, 0.1) is 6.92 Å². The van der Waals surface area contributed by atoms with E-state index in [-0.39, 0.29) is 18.1 Å². The summed E-state index contributed by atoms with van der Waals surface area (Å²) >= 11 is 0. The number of nitrogens with zero attached hydrogens (tertiary/aromatic N) is 3. The number of methoxy groups -OCH3 is 1. The minimum atomic E-state index is 0.0701. The summed E-state index contributed by atoms with van der Waals surface area (Å²) in [6.45, 7) is 8.66. The number of imidazole rings is 1. The highest BCUT2D eigenvalue weighted by Crippen LogP contribution is 2.16. The SMILES string of the molecule is CO[C@H]1CN(C(C)C)C[C@@H]1NC(=O)CCn1ccnc1C. The van der Waals surface area contributed by atoms with Crippen molar-refractivity contribution in [3.63, 3.8) is 0 Å². The van der Waals surface area contributed by atoms with E-state index in [1.165, 1.54) is 0 Å². The maximum Gasteiger partial charge on any atom is 0.222 e. The molecule has 0 aromatic carbocycles. The number of amides is 1. The molecule has 1 fully saturated rings. The summed E-state index contributed by atoms with van der Waals surface area (Å²) in [5.74, 6) is 1.00. The topological polar surface area (TPSA) is 59.4 Å². The van der Waals surface area contributed by atoms with Crippen molar-refractivity contribution in [2.45, 2.75) is 51.9 Å². The first-order valence-corrected chi connectivity index (χ1v) is 7.55. The molecular weight excluding hydrogens is 268 g/mol. The van der Waals surface area contributed by atoms with E-state index in [2.05, 4.69) is 29.0 Å². The van der Waals surface area contributed by atoms with Gasteiger partial charge in [-0.25, -0.2) is 4.98 Å². The average Bonchev–Trinajstić information content (AvgIpc) is 3.02. The van der Waals surface area contributed by atoms with Crippen LogP contribution in [0.5, 0.6) is 0 Å². The van der Waals surface area contributed by atoms with Gasteiger partial charge in [-0.1, -0.05) is 0 Å². The van der Waals surface area contributed by atoms with Gasteiger partial charge in [0.25, 0.3) is 0 Å². The van der Waals surface area contributed by atoms with E-state index in [0.717, 1.165) is 18.9 Å². The Morgan fingerprint density at radius 1 is 1.52 bits per heavy atom. The first kappa shape index (κ1) is 16.0. The zero-order valence-corrected chi connectivity index (χ0v) is 13.4. The number of carbonyl (C=O) groups is 1. The van der Waals surface area contributed by atoms with Crippen molar-refractivity contribution >= 4 is 5.91 Å². The number of aryl methyl sites for hydroxylation is 2. The Balaban J connectivity index is 1.83. The highest BCUT2D eigenvalue weighted by Gasteiger charge is 2.34. The zero-order chi connectivity index (χ0) is 15.4.